The van der Waals surface area contributed by atoms with Crippen LogP contribution in [0.4, 0.5) is 0 Å². The van der Waals surface area contributed by atoms with Gasteiger partial charge in [0.25, 0.3) is 0 Å². The molecule has 0 heterocycles. The van der Waals surface area contributed by atoms with Gasteiger partial charge in [0.2, 0.25) is 0 Å². The quantitative estimate of drug-likeness (QED) is 0.0503. The summed E-state index contributed by atoms with van der Waals surface area (Å²) in [6.45, 7) is 10.3. The van der Waals surface area contributed by atoms with Crippen LogP contribution in [-0.4, -0.2) is 14.9 Å². The van der Waals surface area contributed by atoms with Crippen LogP contribution in [0.5, 0.6) is 0 Å². The minimum absolute atomic E-state index is 1.05. The second-order valence-electron chi connectivity index (χ2n) is 14.2. The second kappa shape index (κ2) is 35.7. The minimum atomic E-state index is -1.60. The summed E-state index contributed by atoms with van der Waals surface area (Å²) in [6, 6.07) is 4.38. The Bertz CT molecular complexity index is 418. The summed E-state index contributed by atoms with van der Waals surface area (Å²) in [5.74, 6) is 0. The van der Waals surface area contributed by atoms with E-state index in [4.69, 9.17) is 4.43 Å². The lowest BCUT2D eigenvalue weighted by Gasteiger charge is -2.32. The first-order valence-corrected chi connectivity index (χ1v) is 22.9. The van der Waals surface area contributed by atoms with E-state index in [-0.39, 0.29) is 0 Å². The first-order valence-electron chi connectivity index (χ1n) is 20.4. The van der Waals surface area contributed by atoms with E-state index < -0.39 is 8.32 Å². The van der Waals surface area contributed by atoms with Gasteiger partial charge in [0.1, 0.15) is 0 Å². The first kappa shape index (κ1) is 42.2. The zero-order valence-corrected chi connectivity index (χ0v) is 31.4. The molecule has 0 unspecified atom stereocenters. The topological polar surface area (TPSA) is 9.23 Å². The van der Waals surface area contributed by atoms with Gasteiger partial charge in [-0.25, -0.2) is 0 Å². The van der Waals surface area contributed by atoms with Gasteiger partial charge >= 0.3 is 0 Å². The van der Waals surface area contributed by atoms with Gasteiger partial charge in [-0.1, -0.05) is 227 Å². The van der Waals surface area contributed by atoms with Crippen molar-refractivity contribution < 1.29 is 4.43 Å². The molecule has 0 aromatic carbocycles. The van der Waals surface area contributed by atoms with Crippen LogP contribution in [0.15, 0.2) is 0 Å². The summed E-state index contributed by atoms with van der Waals surface area (Å²) in [7, 11) is -1.60. The SMILES string of the molecule is CCCCCCCCCCCC[Si](CCCCCCCCCCCC)(CCCCCCCCCCCC)OCCCC. The second-order valence-corrected chi connectivity index (χ2v) is 18.3. The molecule has 254 valence electrons. The molecular formula is C40H84OSi. The van der Waals surface area contributed by atoms with Gasteiger partial charge in [-0.05, 0) is 24.6 Å². The Balaban J connectivity index is 4.57. The lowest BCUT2D eigenvalue weighted by molar-refractivity contribution is 0.285. The van der Waals surface area contributed by atoms with Crippen LogP contribution >= 0.6 is 0 Å². The average molecular weight is 609 g/mol. The molecule has 0 aliphatic carbocycles. The molecule has 42 heavy (non-hydrogen) atoms. The summed E-state index contributed by atoms with van der Waals surface area (Å²) < 4.78 is 7.06. The molecule has 0 spiro atoms. The Kier molecular flexibility index (Phi) is 35.8. The molecule has 0 aromatic heterocycles. The Morgan fingerprint density at radius 2 is 0.476 bits per heavy atom. The maximum Gasteiger partial charge on any atom is 0.192 e. The highest BCUT2D eigenvalue weighted by atomic mass is 28.4. The maximum absolute atomic E-state index is 7.06. The molecule has 0 fully saturated rings. The molecule has 0 bridgehead atoms. The lowest BCUT2D eigenvalue weighted by Crippen LogP contribution is -2.38. The largest absolute Gasteiger partial charge is 0.417 e. The van der Waals surface area contributed by atoms with Gasteiger partial charge in [0, 0.05) is 6.61 Å². The molecule has 0 rings (SSSR count). The van der Waals surface area contributed by atoms with Crippen LogP contribution in [0.25, 0.3) is 0 Å². The predicted molar refractivity (Wildman–Crippen MR) is 197 cm³/mol. The number of unbranched alkanes of at least 4 members (excludes halogenated alkanes) is 28. The number of hydrogen-bond acceptors (Lipinski definition) is 1. The number of rotatable bonds is 37. The molecule has 0 aliphatic rings. The fourth-order valence-electron chi connectivity index (χ4n) is 6.83. The van der Waals surface area contributed by atoms with Crippen LogP contribution in [0.3, 0.4) is 0 Å². The van der Waals surface area contributed by atoms with E-state index in [0.717, 1.165) is 6.61 Å². The minimum Gasteiger partial charge on any atom is -0.417 e. The van der Waals surface area contributed by atoms with Gasteiger partial charge in [-0.15, -0.1) is 0 Å². The molecule has 1 nitrogen and oxygen atoms in total. The first-order chi connectivity index (χ1) is 20.7. The molecule has 0 N–H and O–H groups in total. The molecular weight excluding hydrogens is 525 g/mol. The third-order valence-electron chi connectivity index (χ3n) is 9.86. The van der Waals surface area contributed by atoms with E-state index in [1.54, 1.807) is 0 Å². The highest BCUT2D eigenvalue weighted by molar-refractivity contribution is 6.73. The van der Waals surface area contributed by atoms with Crippen molar-refractivity contribution in [3.8, 4) is 0 Å². The summed E-state index contributed by atoms with van der Waals surface area (Å²) in [6.07, 6.45) is 46.0. The van der Waals surface area contributed by atoms with Gasteiger partial charge in [0.05, 0.1) is 0 Å². The van der Waals surface area contributed by atoms with Crippen LogP contribution in [0.2, 0.25) is 18.1 Å². The average Bonchev–Trinajstić information content (AvgIpc) is 3.00. The van der Waals surface area contributed by atoms with Crippen LogP contribution in [-0.2, 0) is 4.43 Å². The van der Waals surface area contributed by atoms with Crippen LogP contribution in [0, 0.1) is 0 Å². The summed E-state index contributed by atoms with van der Waals surface area (Å²) >= 11 is 0. The van der Waals surface area contributed by atoms with Crippen molar-refractivity contribution >= 4 is 8.32 Å². The standard InChI is InChI=1S/C40H84OSi/c1-5-9-13-16-19-22-25-28-31-34-38-42(41-37-12-8-4,39-35-32-29-26-23-20-17-14-10-6-2)40-36-33-30-27-24-21-18-15-11-7-3/h5-40H2,1-4H3. The Morgan fingerprint density at radius 3 is 0.714 bits per heavy atom. The lowest BCUT2D eigenvalue weighted by atomic mass is 10.1. The van der Waals surface area contributed by atoms with Gasteiger partial charge in [0.15, 0.2) is 8.32 Å². The third kappa shape index (κ3) is 30.2. The predicted octanol–water partition coefficient (Wildman–Crippen LogP) is 15.5. The van der Waals surface area contributed by atoms with Crippen LogP contribution < -0.4 is 0 Å². The maximum atomic E-state index is 7.06. The molecule has 0 amide bonds. The van der Waals surface area contributed by atoms with E-state index in [0.29, 0.717) is 0 Å². The van der Waals surface area contributed by atoms with Crippen molar-refractivity contribution in [1.29, 1.82) is 0 Å². The third-order valence-corrected chi connectivity index (χ3v) is 14.5. The van der Waals surface area contributed by atoms with Crippen molar-refractivity contribution in [3.05, 3.63) is 0 Å². The van der Waals surface area contributed by atoms with E-state index in [2.05, 4.69) is 27.7 Å². The molecule has 0 saturated carbocycles. The van der Waals surface area contributed by atoms with Gasteiger partial charge in [-0.2, -0.15) is 0 Å². The van der Waals surface area contributed by atoms with E-state index >= 15 is 0 Å². The fraction of sp³-hybridized carbons (Fsp3) is 1.00. The fourth-order valence-corrected chi connectivity index (χ4v) is 11.3. The van der Waals surface area contributed by atoms with E-state index in [1.165, 1.54) is 224 Å². The van der Waals surface area contributed by atoms with Crippen molar-refractivity contribution in [3.63, 3.8) is 0 Å². The summed E-state index contributed by atoms with van der Waals surface area (Å²) in [4.78, 5) is 0. The zero-order chi connectivity index (χ0) is 30.7. The zero-order valence-electron chi connectivity index (χ0n) is 30.4. The van der Waals surface area contributed by atoms with Crippen molar-refractivity contribution in [1.82, 2.24) is 0 Å². The molecule has 2 heteroatoms. The van der Waals surface area contributed by atoms with Crippen molar-refractivity contribution in [2.24, 2.45) is 0 Å². The normalized spacial score (nSPS) is 12.0. The molecule has 0 atom stereocenters. The smallest absolute Gasteiger partial charge is 0.192 e. The Morgan fingerprint density at radius 1 is 0.262 bits per heavy atom. The highest BCUT2D eigenvalue weighted by Crippen LogP contribution is 2.31. The molecule has 0 aliphatic heterocycles. The van der Waals surface area contributed by atoms with E-state index in [1.807, 2.05) is 0 Å². The van der Waals surface area contributed by atoms with Gasteiger partial charge < -0.3 is 4.43 Å². The molecule has 0 saturated heterocycles. The Hall–Kier alpha value is 0.177. The Labute approximate surface area is 270 Å². The van der Waals surface area contributed by atoms with Crippen molar-refractivity contribution in [2.75, 3.05) is 6.61 Å². The monoisotopic (exact) mass is 609 g/mol. The molecule has 0 radical (unpaired) electrons. The van der Waals surface area contributed by atoms with Crippen molar-refractivity contribution in [2.45, 2.75) is 251 Å². The van der Waals surface area contributed by atoms with Gasteiger partial charge in [-0.3, -0.25) is 0 Å². The summed E-state index contributed by atoms with van der Waals surface area (Å²) in [5, 5.41) is 0. The number of hydrogen-bond donors (Lipinski definition) is 0. The van der Waals surface area contributed by atoms with Crippen LogP contribution in [0.1, 0.15) is 233 Å². The highest BCUT2D eigenvalue weighted by Gasteiger charge is 2.33. The van der Waals surface area contributed by atoms with E-state index in [9.17, 15) is 0 Å². The summed E-state index contributed by atoms with van der Waals surface area (Å²) in [5.41, 5.74) is 0. The molecule has 0 aromatic rings.